The number of likely N-dealkylation sites (tertiary alicyclic amines) is 1. The van der Waals surface area contributed by atoms with Crippen LogP contribution < -0.4 is 9.47 Å². The molecule has 1 fully saturated rings. The predicted octanol–water partition coefficient (Wildman–Crippen LogP) is 4.03. The molecule has 1 unspecified atom stereocenters. The summed E-state index contributed by atoms with van der Waals surface area (Å²) in [5.74, 6) is 1.90. The number of benzene rings is 1. The highest BCUT2D eigenvalue weighted by molar-refractivity contribution is 5.42. The highest BCUT2D eigenvalue weighted by atomic mass is 16.5. The van der Waals surface area contributed by atoms with Gasteiger partial charge in [0.15, 0.2) is 0 Å². The lowest BCUT2D eigenvalue weighted by Gasteiger charge is -2.36. The maximum atomic E-state index is 5.57. The number of piperidine rings is 1. The van der Waals surface area contributed by atoms with Crippen LogP contribution in [0.3, 0.4) is 0 Å². The standard InChI is InChI=1S/C17H27NO2/c1-4-5-11-18-12-7-6-8-16(18)15-13-14(19-2)9-10-17(15)20-3/h9-10,13,16H,4-8,11-12H2,1-3H3. The zero-order chi connectivity index (χ0) is 14.4. The number of unbranched alkanes of at least 4 members (excludes halogenated alkanes) is 1. The molecule has 1 aromatic carbocycles. The molecule has 112 valence electrons. The van der Waals surface area contributed by atoms with E-state index in [0.29, 0.717) is 6.04 Å². The van der Waals surface area contributed by atoms with Crippen LogP contribution in [0, 0.1) is 0 Å². The van der Waals surface area contributed by atoms with Crippen LogP contribution in [0.2, 0.25) is 0 Å². The second-order valence-electron chi connectivity index (χ2n) is 5.51. The third-order valence-corrected chi connectivity index (χ3v) is 4.21. The predicted molar refractivity (Wildman–Crippen MR) is 82.6 cm³/mol. The van der Waals surface area contributed by atoms with Crippen molar-refractivity contribution in [2.24, 2.45) is 0 Å². The van der Waals surface area contributed by atoms with Crippen LogP contribution in [-0.2, 0) is 0 Å². The molecule has 0 bridgehead atoms. The zero-order valence-electron chi connectivity index (χ0n) is 13.0. The lowest BCUT2D eigenvalue weighted by molar-refractivity contribution is 0.144. The molecule has 1 aliphatic heterocycles. The largest absolute Gasteiger partial charge is 0.497 e. The molecule has 1 atom stereocenters. The number of hydrogen-bond donors (Lipinski definition) is 0. The molecule has 0 amide bonds. The van der Waals surface area contributed by atoms with Crippen LogP contribution in [0.4, 0.5) is 0 Å². The van der Waals surface area contributed by atoms with E-state index in [2.05, 4.69) is 17.9 Å². The van der Waals surface area contributed by atoms with Gasteiger partial charge in [0.1, 0.15) is 11.5 Å². The number of ether oxygens (including phenoxy) is 2. The molecule has 0 aliphatic carbocycles. The highest BCUT2D eigenvalue weighted by Crippen LogP contribution is 2.38. The average Bonchev–Trinajstić information content (AvgIpc) is 2.52. The number of rotatable bonds is 6. The van der Waals surface area contributed by atoms with Crippen LogP contribution in [0.25, 0.3) is 0 Å². The van der Waals surface area contributed by atoms with Gasteiger partial charge in [0.2, 0.25) is 0 Å². The number of methoxy groups -OCH3 is 2. The molecule has 1 aromatic rings. The Bertz CT molecular complexity index is 419. The van der Waals surface area contributed by atoms with Gasteiger partial charge in [-0.05, 0) is 50.6 Å². The number of hydrogen-bond acceptors (Lipinski definition) is 3. The summed E-state index contributed by atoms with van der Waals surface area (Å²) >= 11 is 0. The van der Waals surface area contributed by atoms with Crippen LogP contribution in [0.5, 0.6) is 11.5 Å². The van der Waals surface area contributed by atoms with Crippen molar-refractivity contribution in [3.8, 4) is 11.5 Å². The van der Waals surface area contributed by atoms with Gasteiger partial charge in [0, 0.05) is 11.6 Å². The Kier molecular flexibility index (Phi) is 5.72. The van der Waals surface area contributed by atoms with Crippen LogP contribution >= 0.6 is 0 Å². The second-order valence-corrected chi connectivity index (χ2v) is 5.51. The minimum absolute atomic E-state index is 0.473. The summed E-state index contributed by atoms with van der Waals surface area (Å²) in [5, 5.41) is 0. The molecule has 0 spiro atoms. The Morgan fingerprint density at radius 3 is 2.75 bits per heavy atom. The van der Waals surface area contributed by atoms with Gasteiger partial charge in [-0.1, -0.05) is 19.8 Å². The lowest BCUT2D eigenvalue weighted by atomic mass is 9.94. The van der Waals surface area contributed by atoms with Crippen molar-refractivity contribution in [2.75, 3.05) is 27.3 Å². The van der Waals surface area contributed by atoms with Crippen molar-refractivity contribution in [1.29, 1.82) is 0 Å². The van der Waals surface area contributed by atoms with E-state index in [1.165, 1.54) is 50.8 Å². The Hall–Kier alpha value is -1.22. The quantitative estimate of drug-likeness (QED) is 0.783. The van der Waals surface area contributed by atoms with Crippen molar-refractivity contribution in [1.82, 2.24) is 4.90 Å². The fourth-order valence-corrected chi connectivity index (χ4v) is 3.07. The summed E-state index contributed by atoms with van der Waals surface area (Å²) in [6.45, 7) is 4.64. The molecule has 1 heterocycles. The van der Waals surface area contributed by atoms with Gasteiger partial charge in [-0.15, -0.1) is 0 Å². The molecule has 2 rings (SSSR count). The van der Waals surface area contributed by atoms with E-state index in [1.54, 1.807) is 14.2 Å². The number of nitrogens with zero attached hydrogens (tertiary/aromatic N) is 1. The Labute approximate surface area is 122 Å². The minimum Gasteiger partial charge on any atom is -0.497 e. The van der Waals surface area contributed by atoms with Crippen LogP contribution in [0.1, 0.15) is 50.6 Å². The molecule has 0 N–H and O–H groups in total. The Morgan fingerprint density at radius 1 is 1.20 bits per heavy atom. The Morgan fingerprint density at radius 2 is 2.05 bits per heavy atom. The van der Waals surface area contributed by atoms with E-state index >= 15 is 0 Å². The van der Waals surface area contributed by atoms with Gasteiger partial charge < -0.3 is 9.47 Å². The molecular formula is C17H27NO2. The first-order valence-corrected chi connectivity index (χ1v) is 7.76. The first-order chi connectivity index (χ1) is 9.80. The summed E-state index contributed by atoms with van der Waals surface area (Å²) in [6.07, 6.45) is 6.34. The molecule has 1 aliphatic rings. The summed E-state index contributed by atoms with van der Waals surface area (Å²) in [5.41, 5.74) is 1.28. The van der Waals surface area contributed by atoms with Gasteiger partial charge in [-0.3, -0.25) is 4.90 Å². The maximum absolute atomic E-state index is 5.57. The SMILES string of the molecule is CCCCN1CCCCC1c1cc(OC)ccc1OC. The summed E-state index contributed by atoms with van der Waals surface area (Å²) in [7, 11) is 3.48. The van der Waals surface area contributed by atoms with E-state index in [0.717, 1.165) is 11.5 Å². The smallest absolute Gasteiger partial charge is 0.123 e. The van der Waals surface area contributed by atoms with E-state index in [1.807, 2.05) is 12.1 Å². The van der Waals surface area contributed by atoms with E-state index < -0.39 is 0 Å². The molecule has 20 heavy (non-hydrogen) atoms. The molecule has 0 radical (unpaired) electrons. The first-order valence-electron chi connectivity index (χ1n) is 7.76. The molecule has 1 saturated heterocycles. The van der Waals surface area contributed by atoms with Gasteiger partial charge in [0.05, 0.1) is 14.2 Å². The third kappa shape index (κ3) is 3.45. The Balaban J connectivity index is 2.25. The molecule has 0 saturated carbocycles. The summed E-state index contributed by atoms with van der Waals surface area (Å²) in [4.78, 5) is 2.62. The highest BCUT2D eigenvalue weighted by Gasteiger charge is 2.26. The summed E-state index contributed by atoms with van der Waals surface area (Å²) < 4.78 is 11.0. The van der Waals surface area contributed by atoms with Crippen molar-refractivity contribution >= 4 is 0 Å². The van der Waals surface area contributed by atoms with Crippen molar-refractivity contribution in [3.63, 3.8) is 0 Å². The van der Waals surface area contributed by atoms with Gasteiger partial charge in [-0.25, -0.2) is 0 Å². The van der Waals surface area contributed by atoms with E-state index in [4.69, 9.17) is 9.47 Å². The minimum atomic E-state index is 0.473. The fourth-order valence-electron chi connectivity index (χ4n) is 3.07. The maximum Gasteiger partial charge on any atom is 0.123 e. The second kappa shape index (κ2) is 7.53. The van der Waals surface area contributed by atoms with Gasteiger partial charge in [-0.2, -0.15) is 0 Å². The van der Waals surface area contributed by atoms with Gasteiger partial charge in [0.25, 0.3) is 0 Å². The summed E-state index contributed by atoms with van der Waals surface area (Å²) in [6, 6.07) is 6.62. The van der Waals surface area contributed by atoms with E-state index in [9.17, 15) is 0 Å². The average molecular weight is 277 g/mol. The molecule has 3 nitrogen and oxygen atoms in total. The molecule has 0 aromatic heterocycles. The van der Waals surface area contributed by atoms with Crippen molar-refractivity contribution in [3.05, 3.63) is 23.8 Å². The first kappa shape index (κ1) is 15.2. The van der Waals surface area contributed by atoms with E-state index in [-0.39, 0.29) is 0 Å². The van der Waals surface area contributed by atoms with Crippen LogP contribution in [-0.4, -0.2) is 32.2 Å². The van der Waals surface area contributed by atoms with Crippen molar-refractivity contribution < 1.29 is 9.47 Å². The molecule has 3 heteroatoms. The van der Waals surface area contributed by atoms with Crippen molar-refractivity contribution in [2.45, 2.75) is 45.1 Å². The molecular weight excluding hydrogens is 250 g/mol. The van der Waals surface area contributed by atoms with Crippen LogP contribution in [0.15, 0.2) is 18.2 Å². The van der Waals surface area contributed by atoms with Gasteiger partial charge >= 0.3 is 0 Å². The topological polar surface area (TPSA) is 21.7 Å². The third-order valence-electron chi connectivity index (χ3n) is 4.21. The normalized spacial score (nSPS) is 19.9. The fraction of sp³-hybridized carbons (Fsp3) is 0.647. The lowest BCUT2D eigenvalue weighted by Crippen LogP contribution is -2.34. The zero-order valence-corrected chi connectivity index (χ0v) is 13.0. The monoisotopic (exact) mass is 277 g/mol.